The Morgan fingerprint density at radius 1 is 1.31 bits per heavy atom. The second-order valence-electron chi connectivity index (χ2n) is 5.30. The molecule has 86 valence electrons. The second-order valence-corrected chi connectivity index (χ2v) is 14.5. The van der Waals surface area contributed by atoms with Gasteiger partial charge in [0, 0.05) is 11.1 Å². The van der Waals surface area contributed by atoms with E-state index in [1.54, 1.807) is 0 Å². The minimum Gasteiger partial charge on any atom is -0.289 e. The van der Waals surface area contributed by atoms with E-state index in [4.69, 9.17) is 0 Å². The highest BCUT2D eigenvalue weighted by atomic mass is 32.4. The Bertz CT molecular complexity index is 391. The van der Waals surface area contributed by atoms with Crippen molar-refractivity contribution in [2.24, 2.45) is 4.99 Å². The van der Waals surface area contributed by atoms with Gasteiger partial charge in [-0.15, -0.1) is 0 Å². The molecule has 0 unspecified atom stereocenters. The van der Waals surface area contributed by atoms with Gasteiger partial charge in [0.25, 0.3) is 0 Å². The minimum atomic E-state index is -1.08. The van der Waals surface area contributed by atoms with Gasteiger partial charge in [0.15, 0.2) is 0 Å². The zero-order valence-electron chi connectivity index (χ0n) is 10.2. The summed E-state index contributed by atoms with van der Waals surface area (Å²) in [6.07, 6.45) is 4.59. The van der Waals surface area contributed by atoms with Gasteiger partial charge in [0.05, 0.1) is 6.04 Å². The van der Waals surface area contributed by atoms with E-state index in [-0.39, 0.29) is 0 Å². The van der Waals surface area contributed by atoms with E-state index in [2.05, 4.69) is 48.9 Å². The molecule has 0 N–H and O–H groups in total. The number of hydrogen-bond acceptors (Lipinski definition) is 2. The van der Waals surface area contributed by atoms with Crippen LogP contribution in [0.4, 0.5) is 0 Å². The van der Waals surface area contributed by atoms with Gasteiger partial charge in [-0.2, -0.15) is 11.2 Å². The molecule has 3 heteroatoms. The van der Waals surface area contributed by atoms with Crippen LogP contribution in [0.15, 0.2) is 34.2 Å². The van der Waals surface area contributed by atoms with Gasteiger partial charge in [-0.25, -0.2) is 0 Å². The molecule has 0 atom stereocenters. The SMILES string of the molecule is C[Si](C)(C)Sc1cccc(/C=N\C2CC2)c1. The molecule has 0 aliphatic heterocycles. The Kier molecular flexibility index (Phi) is 3.55. The zero-order valence-corrected chi connectivity index (χ0v) is 12.1. The Hall–Kier alpha value is -0.543. The quantitative estimate of drug-likeness (QED) is 0.575. The summed E-state index contributed by atoms with van der Waals surface area (Å²) in [7, 11) is -1.08. The van der Waals surface area contributed by atoms with Crippen LogP contribution < -0.4 is 0 Å². The average Bonchev–Trinajstić information content (AvgIpc) is 2.96. The summed E-state index contributed by atoms with van der Waals surface area (Å²) in [6, 6.07) is 9.36. The number of aliphatic imine (C=N–C) groups is 1. The third-order valence-corrected chi connectivity index (χ3v) is 5.91. The normalized spacial score (nSPS) is 16.9. The molecule has 16 heavy (non-hydrogen) atoms. The lowest BCUT2D eigenvalue weighted by Gasteiger charge is -2.15. The van der Waals surface area contributed by atoms with Crippen LogP contribution in [0.3, 0.4) is 0 Å². The fourth-order valence-corrected chi connectivity index (χ4v) is 4.98. The molecule has 0 saturated heterocycles. The van der Waals surface area contributed by atoms with Crippen molar-refractivity contribution < 1.29 is 0 Å². The molecule has 0 spiro atoms. The topological polar surface area (TPSA) is 12.4 Å². The third kappa shape index (κ3) is 4.14. The lowest BCUT2D eigenvalue weighted by molar-refractivity contribution is 1.08. The van der Waals surface area contributed by atoms with Gasteiger partial charge >= 0.3 is 0 Å². The van der Waals surface area contributed by atoms with Gasteiger partial charge in [0.2, 0.25) is 0 Å². The van der Waals surface area contributed by atoms with E-state index in [0.29, 0.717) is 6.04 Å². The first-order valence-corrected chi connectivity index (χ1v) is 10.9. The van der Waals surface area contributed by atoms with Crippen molar-refractivity contribution >= 4 is 24.6 Å². The lowest BCUT2D eigenvalue weighted by atomic mass is 10.2. The van der Waals surface area contributed by atoms with Crippen LogP contribution in [0.25, 0.3) is 0 Å². The van der Waals surface area contributed by atoms with Crippen molar-refractivity contribution in [2.75, 3.05) is 0 Å². The van der Waals surface area contributed by atoms with Gasteiger partial charge in [-0.1, -0.05) is 31.8 Å². The maximum atomic E-state index is 4.52. The summed E-state index contributed by atoms with van der Waals surface area (Å²) in [5, 5.41) is 0. The molecule has 0 amide bonds. The summed E-state index contributed by atoms with van der Waals surface area (Å²) < 4.78 is 0. The van der Waals surface area contributed by atoms with Crippen LogP contribution in [0, 0.1) is 0 Å². The summed E-state index contributed by atoms with van der Waals surface area (Å²) in [5.41, 5.74) is 1.25. The van der Waals surface area contributed by atoms with Crippen LogP contribution in [-0.4, -0.2) is 19.5 Å². The van der Waals surface area contributed by atoms with Crippen molar-refractivity contribution in [1.82, 2.24) is 0 Å². The highest BCUT2D eigenvalue weighted by Gasteiger charge is 2.19. The Labute approximate surface area is 103 Å². The standard InChI is InChI=1S/C13H19NSSi/c1-16(2,3)15-13-6-4-5-11(9-13)10-14-12-7-8-12/h4-6,9-10,12H,7-8H2,1-3H3/b14-10-. The smallest absolute Gasteiger partial charge is 0.114 e. The largest absolute Gasteiger partial charge is 0.289 e. The average molecular weight is 249 g/mol. The van der Waals surface area contributed by atoms with Crippen molar-refractivity contribution in [2.45, 2.75) is 43.4 Å². The summed E-state index contributed by atoms with van der Waals surface area (Å²) in [5.74, 6) is 0. The van der Waals surface area contributed by atoms with Crippen LogP contribution >= 0.6 is 11.2 Å². The first-order valence-electron chi connectivity index (χ1n) is 5.85. The molecule has 2 rings (SSSR count). The van der Waals surface area contributed by atoms with Crippen LogP contribution in [0.1, 0.15) is 18.4 Å². The molecular weight excluding hydrogens is 230 g/mol. The number of nitrogens with zero attached hydrogens (tertiary/aromatic N) is 1. The van der Waals surface area contributed by atoms with E-state index in [9.17, 15) is 0 Å². The molecule has 0 heterocycles. The maximum absolute atomic E-state index is 4.52. The van der Waals surface area contributed by atoms with Crippen molar-refractivity contribution in [1.29, 1.82) is 0 Å². The first kappa shape index (κ1) is 11.9. The van der Waals surface area contributed by atoms with Crippen LogP contribution in [-0.2, 0) is 0 Å². The van der Waals surface area contributed by atoms with E-state index >= 15 is 0 Å². The van der Waals surface area contributed by atoms with E-state index in [0.717, 1.165) is 0 Å². The fourth-order valence-electron chi connectivity index (χ4n) is 1.43. The van der Waals surface area contributed by atoms with Gasteiger partial charge in [-0.05, 0) is 30.5 Å². The summed E-state index contributed by atoms with van der Waals surface area (Å²) in [4.78, 5) is 5.91. The molecular formula is C13H19NSSi. The Morgan fingerprint density at radius 2 is 2.06 bits per heavy atom. The van der Waals surface area contributed by atoms with E-state index in [1.807, 2.05) is 17.4 Å². The Balaban J connectivity index is 2.06. The minimum absolute atomic E-state index is 0.619. The number of hydrogen-bond donors (Lipinski definition) is 0. The van der Waals surface area contributed by atoms with Gasteiger partial charge in [0.1, 0.15) is 7.22 Å². The van der Waals surface area contributed by atoms with Gasteiger partial charge < -0.3 is 0 Å². The molecule has 1 aliphatic rings. The molecule has 0 aromatic heterocycles. The number of rotatable bonds is 4. The van der Waals surface area contributed by atoms with Gasteiger partial charge in [-0.3, -0.25) is 4.99 Å². The highest BCUT2D eigenvalue weighted by Crippen LogP contribution is 2.29. The highest BCUT2D eigenvalue weighted by molar-refractivity contribution is 8.28. The Morgan fingerprint density at radius 3 is 2.69 bits per heavy atom. The van der Waals surface area contributed by atoms with Crippen molar-refractivity contribution in [3.8, 4) is 0 Å². The molecule has 1 saturated carbocycles. The number of benzene rings is 1. The predicted octanol–water partition coefficient (Wildman–Crippen LogP) is 4.19. The third-order valence-electron chi connectivity index (χ3n) is 2.26. The fraction of sp³-hybridized carbons (Fsp3) is 0.462. The molecule has 1 nitrogen and oxygen atoms in total. The predicted molar refractivity (Wildman–Crippen MR) is 76.3 cm³/mol. The summed E-state index contributed by atoms with van der Waals surface area (Å²) >= 11 is 2.04. The molecule has 1 aromatic carbocycles. The lowest BCUT2D eigenvalue weighted by Crippen LogP contribution is -2.13. The van der Waals surface area contributed by atoms with Crippen molar-refractivity contribution in [3.05, 3.63) is 29.8 Å². The molecule has 1 aromatic rings. The van der Waals surface area contributed by atoms with E-state index < -0.39 is 7.22 Å². The molecule has 1 aliphatic carbocycles. The maximum Gasteiger partial charge on any atom is 0.114 e. The zero-order chi connectivity index (χ0) is 11.6. The van der Waals surface area contributed by atoms with Crippen LogP contribution in [0.5, 0.6) is 0 Å². The molecule has 0 radical (unpaired) electrons. The monoisotopic (exact) mass is 249 g/mol. The van der Waals surface area contributed by atoms with Crippen molar-refractivity contribution in [3.63, 3.8) is 0 Å². The first-order chi connectivity index (χ1) is 7.53. The van der Waals surface area contributed by atoms with Crippen LogP contribution in [0.2, 0.25) is 19.6 Å². The second kappa shape index (κ2) is 4.76. The summed E-state index contributed by atoms with van der Waals surface area (Å²) in [6.45, 7) is 7.13. The van der Waals surface area contributed by atoms with E-state index in [1.165, 1.54) is 23.3 Å². The molecule has 1 fully saturated rings. The molecule has 0 bridgehead atoms.